The maximum absolute atomic E-state index is 14.3. The minimum Gasteiger partial charge on any atom is -0.475 e. The molecule has 1 aliphatic rings. The van der Waals surface area contributed by atoms with E-state index in [2.05, 4.69) is 21.3 Å². The number of hydrogen-bond donors (Lipinski definition) is 7. The molecule has 6 amide bonds. The predicted molar refractivity (Wildman–Crippen MR) is 266 cm³/mol. The lowest BCUT2D eigenvalue weighted by Crippen LogP contribution is -2.59. The molecule has 430 valence electrons. The molecule has 1 saturated heterocycles. The molecule has 0 bridgehead atoms. The van der Waals surface area contributed by atoms with Crippen LogP contribution in [0.5, 0.6) is 0 Å². The molecule has 75 heavy (non-hydrogen) atoms. The zero-order chi connectivity index (χ0) is 58.5. The molecule has 20 nitrogen and oxygen atoms in total. The van der Waals surface area contributed by atoms with Gasteiger partial charge >= 0.3 is 24.3 Å². The molecule has 1 aliphatic heterocycles. The average Bonchev–Trinajstić information content (AvgIpc) is 3.79. The van der Waals surface area contributed by atoms with Crippen molar-refractivity contribution in [1.82, 2.24) is 30.7 Å². The summed E-state index contributed by atoms with van der Waals surface area (Å²) in [6.07, 6.45) is -8.71. The van der Waals surface area contributed by atoms with Gasteiger partial charge in [0, 0.05) is 40.0 Å². The molecule has 1 fully saturated rings. The number of halogens is 6. The lowest BCUT2D eigenvalue weighted by atomic mass is 9.89. The van der Waals surface area contributed by atoms with E-state index in [-0.39, 0.29) is 59.8 Å². The van der Waals surface area contributed by atoms with Crippen LogP contribution in [0.1, 0.15) is 93.6 Å². The number of nitrogens with zero attached hydrogens (tertiary/aromatic N) is 3. The highest BCUT2D eigenvalue weighted by Crippen LogP contribution is 2.30. The summed E-state index contributed by atoms with van der Waals surface area (Å²) in [5, 5.41) is 25.7. The van der Waals surface area contributed by atoms with E-state index in [0.717, 1.165) is 18.4 Å². The number of likely N-dealkylation sites (tertiary alicyclic amines) is 1. The van der Waals surface area contributed by atoms with Gasteiger partial charge in [-0.25, -0.2) is 9.59 Å². The van der Waals surface area contributed by atoms with Crippen LogP contribution < -0.4 is 27.0 Å². The van der Waals surface area contributed by atoms with Crippen molar-refractivity contribution in [1.29, 1.82) is 0 Å². The van der Waals surface area contributed by atoms with Crippen molar-refractivity contribution in [3.05, 3.63) is 29.8 Å². The van der Waals surface area contributed by atoms with Gasteiger partial charge in [-0.1, -0.05) is 67.0 Å². The molecule has 26 heteroatoms. The number of nitrogens with one attached hydrogen (secondary N) is 4. The molecule has 0 unspecified atom stereocenters. The van der Waals surface area contributed by atoms with Crippen LogP contribution in [0.2, 0.25) is 0 Å². The number of amides is 6. The topological polar surface area (TPSA) is 279 Å². The Balaban J connectivity index is 0.00000341. The van der Waals surface area contributed by atoms with E-state index in [9.17, 15) is 55.1 Å². The Hall–Kier alpha value is -5.60. The Morgan fingerprint density at radius 3 is 1.79 bits per heavy atom. The number of methoxy groups -OCH3 is 2. The molecule has 1 heterocycles. The fourth-order valence-electron chi connectivity index (χ4n) is 8.37. The van der Waals surface area contributed by atoms with Gasteiger partial charge in [0.2, 0.25) is 35.4 Å². The van der Waals surface area contributed by atoms with Gasteiger partial charge in [0.1, 0.15) is 12.1 Å². The first-order valence-corrected chi connectivity index (χ1v) is 24.4. The highest BCUT2D eigenvalue weighted by molar-refractivity contribution is 5.97. The molecule has 2 rings (SSSR count). The zero-order valence-corrected chi connectivity index (χ0v) is 45.4. The molecular weight excluding hydrogens is 1010 g/mol. The van der Waals surface area contributed by atoms with Crippen molar-refractivity contribution in [2.45, 2.75) is 155 Å². The van der Waals surface area contributed by atoms with E-state index in [1.54, 1.807) is 64.0 Å². The van der Waals surface area contributed by atoms with Crippen LogP contribution in [0.25, 0.3) is 0 Å². The predicted octanol–water partition coefficient (Wildman–Crippen LogP) is 4.05. The molecule has 0 saturated carbocycles. The fourth-order valence-corrected chi connectivity index (χ4v) is 8.37. The first kappa shape index (κ1) is 69.4. The average molecular weight is 1090 g/mol. The Kier molecular flexibility index (Phi) is 29.7. The third-order valence-corrected chi connectivity index (χ3v) is 12.5. The molecule has 0 radical (unpaired) electrons. The molecule has 1 aromatic rings. The minimum atomic E-state index is -5.08. The number of nitrogens with two attached hydrogens (primary N) is 1. The summed E-state index contributed by atoms with van der Waals surface area (Å²) in [4.78, 5) is 103. The quantitative estimate of drug-likeness (QED) is 0.0720. The smallest absolute Gasteiger partial charge is 0.475 e. The van der Waals surface area contributed by atoms with Crippen molar-refractivity contribution in [2.24, 2.45) is 29.4 Å². The van der Waals surface area contributed by atoms with E-state index in [0.29, 0.717) is 31.6 Å². The molecule has 10 atom stereocenters. The third kappa shape index (κ3) is 23.0. The summed E-state index contributed by atoms with van der Waals surface area (Å²) < 4.78 is 75.5. The first-order valence-electron chi connectivity index (χ1n) is 24.4. The molecular formula is C49H80F6N8O12. The van der Waals surface area contributed by atoms with Crippen molar-refractivity contribution >= 4 is 53.1 Å². The van der Waals surface area contributed by atoms with E-state index in [1.165, 1.54) is 0 Å². The maximum Gasteiger partial charge on any atom is 0.490 e. The number of carbonyl (C=O) groups is 8. The second kappa shape index (κ2) is 32.1. The number of carbonyl (C=O) groups excluding carboxylic acids is 6. The molecule has 0 aromatic heterocycles. The van der Waals surface area contributed by atoms with Gasteiger partial charge in [0.15, 0.2) is 0 Å². The second-order valence-corrected chi connectivity index (χ2v) is 19.3. The number of anilines is 1. The van der Waals surface area contributed by atoms with Gasteiger partial charge in [0.25, 0.3) is 0 Å². The van der Waals surface area contributed by atoms with Gasteiger partial charge < -0.3 is 56.5 Å². The summed E-state index contributed by atoms with van der Waals surface area (Å²) >= 11 is 0. The largest absolute Gasteiger partial charge is 0.490 e. The Labute approximate surface area is 435 Å². The maximum atomic E-state index is 14.3. The van der Waals surface area contributed by atoms with Gasteiger partial charge in [-0.2, -0.15) is 26.3 Å². The molecule has 8 N–H and O–H groups in total. The number of likely N-dealkylation sites (N-methyl/N-ethyl adjacent to an activating group) is 2. The summed E-state index contributed by atoms with van der Waals surface area (Å²) in [6, 6.07) is 3.77. The highest BCUT2D eigenvalue weighted by atomic mass is 19.4. The van der Waals surface area contributed by atoms with E-state index < -0.39 is 78.5 Å². The first-order chi connectivity index (χ1) is 34.5. The van der Waals surface area contributed by atoms with Crippen LogP contribution in [-0.2, 0) is 54.3 Å². The Morgan fingerprint density at radius 2 is 1.35 bits per heavy atom. The zero-order valence-electron chi connectivity index (χ0n) is 45.4. The number of carboxylic acid groups (broad SMARTS) is 2. The van der Waals surface area contributed by atoms with Crippen LogP contribution in [0, 0.1) is 23.7 Å². The normalized spacial score (nSPS) is 17.3. The summed E-state index contributed by atoms with van der Waals surface area (Å²) in [5.74, 6) is -7.88. The fraction of sp³-hybridized carbons (Fsp3) is 0.714. The van der Waals surface area contributed by atoms with Crippen LogP contribution in [0.3, 0.4) is 0 Å². The number of alkyl halides is 6. The Morgan fingerprint density at radius 1 is 0.800 bits per heavy atom. The van der Waals surface area contributed by atoms with Crippen LogP contribution in [-0.4, -0.2) is 182 Å². The lowest BCUT2D eigenvalue weighted by molar-refractivity contribution is -0.193. The monoisotopic (exact) mass is 1090 g/mol. The van der Waals surface area contributed by atoms with Gasteiger partial charge in [0.05, 0.1) is 48.7 Å². The standard InChI is InChI=1S/C45H78N8O8.2C2HF3O2/c1-15-28(6)39(52(12)45(59)37(26(2)3)50-44(58)38(27(4)5)51(10)11)35(60-13)25-36(54)53-23-17-20-34(53)40(61-14)29(7)41(55)47-22-21-32-18-16-19-33(24-32)49-43(57)31(9)48-42(56)30(8)46;2*3-2(4,5)1(6)7/h16,18-19,24,26-31,34-35,37-40H,15,17,20-23,25,46H2,1-14H3,(H,47,55)(H,48,56)(H,49,57)(H,50,58);2*(H,6,7)/t28-,29+,30-,31-,34-,35+,37-,38-,39-,40+;;/m0../s1. The second-order valence-electron chi connectivity index (χ2n) is 19.3. The summed E-state index contributed by atoms with van der Waals surface area (Å²) in [7, 11) is 8.55. The van der Waals surface area contributed by atoms with Crippen LogP contribution >= 0.6 is 0 Å². The summed E-state index contributed by atoms with van der Waals surface area (Å²) in [5.41, 5.74) is 7.04. The van der Waals surface area contributed by atoms with Gasteiger partial charge in [-0.05, 0) is 82.7 Å². The summed E-state index contributed by atoms with van der Waals surface area (Å²) in [6.45, 7) is 17.6. The van der Waals surface area contributed by atoms with Crippen molar-refractivity contribution in [3.63, 3.8) is 0 Å². The van der Waals surface area contributed by atoms with Crippen molar-refractivity contribution < 1.29 is 84.4 Å². The highest BCUT2D eigenvalue weighted by Gasteiger charge is 2.44. The van der Waals surface area contributed by atoms with E-state index >= 15 is 0 Å². The lowest BCUT2D eigenvalue weighted by Gasteiger charge is -2.41. The van der Waals surface area contributed by atoms with E-state index in [1.807, 2.05) is 72.7 Å². The van der Waals surface area contributed by atoms with Gasteiger partial charge in [-0.15, -0.1) is 0 Å². The third-order valence-electron chi connectivity index (χ3n) is 12.5. The molecule has 0 aliphatic carbocycles. The number of ether oxygens (including phenoxy) is 2. The van der Waals surface area contributed by atoms with Gasteiger partial charge in [-0.3, -0.25) is 33.7 Å². The number of aliphatic carboxylic acids is 2. The number of carboxylic acids is 2. The molecule has 1 aromatic carbocycles. The number of benzene rings is 1. The number of hydrogen-bond acceptors (Lipinski definition) is 12. The Bertz CT molecular complexity index is 1990. The number of rotatable bonds is 24. The minimum absolute atomic E-state index is 0.0192. The van der Waals surface area contributed by atoms with Crippen molar-refractivity contribution in [3.8, 4) is 0 Å². The van der Waals surface area contributed by atoms with E-state index in [4.69, 9.17) is 35.0 Å². The van der Waals surface area contributed by atoms with Crippen molar-refractivity contribution in [2.75, 3.05) is 53.8 Å². The SMILES string of the molecule is CC[C@H](C)[C@@H]([C@@H](CC(=O)N1CCC[C@H]1[C@H](OC)[C@@H](C)C(=O)NCCc1cccc(NC(=O)[C@H](C)NC(=O)[C@H](C)N)c1)OC)N(C)C(=O)[C@@H](NC(=O)[C@H](C(C)C)N(C)C)C(C)C.O=C(O)C(F)(F)F.O=C(O)C(F)(F)F. The van der Waals surface area contributed by atoms with Crippen LogP contribution in [0.4, 0.5) is 32.0 Å². The van der Waals surface area contributed by atoms with Crippen LogP contribution in [0.15, 0.2) is 24.3 Å². The molecule has 0 spiro atoms.